The molecule has 0 aliphatic rings. The third-order valence-electron chi connectivity index (χ3n) is 3.57. The summed E-state index contributed by atoms with van der Waals surface area (Å²) in [6.45, 7) is 6.15. The van der Waals surface area contributed by atoms with Crippen molar-refractivity contribution in [3.63, 3.8) is 0 Å². The zero-order valence-electron chi connectivity index (χ0n) is 11.9. The molecule has 0 amide bonds. The molecule has 2 aromatic rings. The minimum Gasteiger partial charge on any atom is -0.388 e. The molecule has 0 aliphatic carbocycles. The third-order valence-corrected chi connectivity index (χ3v) is 4.21. The van der Waals surface area contributed by atoms with Crippen molar-refractivity contribution in [2.24, 2.45) is 0 Å². The van der Waals surface area contributed by atoms with Crippen molar-refractivity contribution < 1.29 is 9.50 Å². The van der Waals surface area contributed by atoms with Crippen LogP contribution >= 0.6 is 15.9 Å². The van der Waals surface area contributed by atoms with E-state index >= 15 is 0 Å². The molecule has 0 saturated carbocycles. The van der Waals surface area contributed by atoms with Gasteiger partial charge in [-0.15, -0.1) is 0 Å². The van der Waals surface area contributed by atoms with Crippen LogP contribution < -0.4 is 0 Å². The molecule has 0 fully saturated rings. The summed E-state index contributed by atoms with van der Waals surface area (Å²) >= 11 is 3.12. The Labute approximate surface area is 127 Å². The molecule has 0 saturated heterocycles. The summed E-state index contributed by atoms with van der Waals surface area (Å²) in [6, 6.07) is 8.97. The highest BCUT2D eigenvalue weighted by Gasteiger charge is 2.14. The third kappa shape index (κ3) is 3.28. The number of halogens is 2. The monoisotopic (exact) mass is 336 g/mol. The second-order valence-electron chi connectivity index (χ2n) is 5.27. The first kappa shape index (κ1) is 15.2. The number of hydrogen-bond donors (Lipinski definition) is 1. The van der Waals surface area contributed by atoms with Crippen molar-refractivity contribution >= 4 is 15.9 Å². The van der Waals surface area contributed by atoms with E-state index in [9.17, 15) is 9.50 Å². The maximum atomic E-state index is 13.5. The summed E-state index contributed by atoms with van der Waals surface area (Å²) in [6.07, 6.45) is -0.198. The van der Waals surface area contributed by atoms with Crippen molar-refractivity contribution in [2.45, 2.75) is 33.3 Å². The molecular weight excluding hydrogens is 319 g/mol. The lowest BCUT2D eigenvalue weighted by Gasteiger charge is -2.16. The maximum absolute atomic E-state index is 13.5. The van der Waals surface area contributed by atoms with E-state index in [-0.39, 0.29) is 5.82 Å². The average molecular weight is 337 g/mol. The Hall–Kier alpha value is -1.19. The van der Waals surface area contributed by atoms with E-state index in [4.69, 9.17) is 0 Å². The molecule has 1 atom stereocenters. The summed E-state index contributed by atoms with van der Waals surface area (Å²) in [7, 11) is 0. The van der Waals surface area contributed by atoms with Crippen LogP contribution in [0, 0.1) is 26.6 Å². The van der Waals surface area contributed by atoms with Gasteiger partial charge < -0.3 is 5.11 Å². The number of aliphatic hydroxyl groups excluding tert-OH is 1. The Morgan fingerprint density at radius 3 is 2.25 bits per heavy atom. The minimum absolute atomic E-state index is 0.348. The Morgan fingerprint density at radius 1 is 1.10 bits per heavy atom. The molecule has 0 aliphatic heterocycles. The molecule has 20 heavy (non-hydrogen) atoms. The van der Waals surface area contributed by atoms with Gasteiger partial charge in [0.1, 0.15) is 5.82 Å². The van der Waals surface area contributed by atoms with Gasteiger partial charge in [-0.1, -0.05) is 23.8 Å². The molecule has 3 heteroatoms. The van der Waals surface area contributed by atoms with Gasteiger partial charge in [-0.2, -0.15) is 0 Å². The topological polar surface area (TPSA) is 20.2 Å². The molecule has 1 nitrogen and oxygen atoms in total. The van der Waals surface area contributed by atoms with Crippen LogP contribution in [0.25, 0.3) is 0 Å². The first-order valence-corrected chi connectivity index (χ1v) is 7.37. The van der Waals surface area contributed by atoms with Crippen LogP contribution in [0.5, 0.6) is 0 Å². The van der Waals surface area contributed by atoms with E-state index in [1.165, 1.54) is 22.8 Å². The van der Waals surface area contributed by atoms with Gasteiger partial charge >= 0.3 is 0 Å². The van der Waals surface area contributed by atoms with Gasteiger partial charge in [-0.05, 0) is 71.1 Å². The van der Waals surface area contributed by atoms with E-state index in [1.54, 1.807) is 12.1 Å². The fourth-order valence-corrected chi connectivity index (χ4v) is 2.81. The SMILES string of the molecule is Cc1cc(C)c(CC(O)c2ccc(Br)c(F)c2)c(C)c1. The van der Waals surface area contributed by atoms with Gasteiger partial charge in [0.25, 0.3) is 0 Å². The summed E-state index contributed by atoms with van der Waals surface area (Å²) < 4.78 is 13.9. The van der Waals surface area contributed by atoms with Gasteiger partial charge in [0.05, 0.1) is 10.6 Å². The van der Waals surface area contributed by atoms with Crippen molar-refractivity contribution in [3.05, 3.63) is 68.4 Å². The molecule has 0 radical (unpaired) electrons. The predicted molar refractivity (Wildman–Crippen MR) is 83.4 cm³/mol. The first-order chi connectivity index (χ1) is 9.38. The van der Waals surface area contributed by atoms with Crippen molar-refractivity contribution in [3.8, 4) is 0 Å². The predicted octanol–water partition coefficient (Wildman–Crippen LogP) is 4.79. The second kappa shape index (κ2) is 6.06. The zero-order valence-corrected chi connectivity index (χ0v) is 13.5. The smallest absolute Gasteiger partial charge is 0.137 e. The number of benzene rings is 2. The van der Waals surface area contributed by atoms with Crippen LogP contribution in [-0.2, 0) is 6.42 Å². The van der Waals surface area contributed by atoms with E-state index < -0.39 is 6.10 Å². The Morgan fingerprint density at radius 2 is 1.70 bits per heavy atom. The molecule has 0 bridgehead atoms. The van der Waals surface area contributed by atoms with Crippen LogP contribution in [0.2, 0.25) is 0 Å². The van der Waals surface area contributed by atoms with Crippen LogP contribution in [0.4, 0.5) is 4.39 Å². The van der Waals surface area contributed by atoms with Crippen LogP contribution in [0.3, 0.4) is 0 Å². The summed E-state index contributed by atoms with van der Waals surface area (Å²) in [5, 5.41) is 10.3. The van der Waals surface area contributed by atoms with Gasteiger partial charge in [0.15, 0.2) is 0 Å². The van der Waals surface area contributed by atoms with Crippen LogP contribution in [-0.4, -0.2) is 5.11 Å². The van der Waals surface area contributed by atoms with Gasteiger partial charge in [0, 0.05) is 6.42 Å². The zero-order chi connectivity index (χ0) is 14.9. The summed E-state index contributed by atoms with van der Waals surface area (Å²) in [5.74, 6) is -0.348. The molecule has 0 spiro atoms. The number of rotatable bonds is 3. The highest BCUT2D eigenvalue weighted by molar-refractivity contribution is 9.10. The van der Waals surface area contributed by atoms with Crippen LogP contribution in [0.1, 0.15) is 33.9 Å². The summed E-state index contributed by atoms with van der Waals surface area (Å²) in [5.41, 5.74) is 5.28. The largest absolute Gasteiger partial charge is 0.388 e. The number of aryl methyl sites for hydroxylation is 3. The van der Waals surface area contributed by atoms with E-state index in [0.717, 1.165) is 5.56 Å². The second-order valence-corrected chi connectivity index (χ2v) is 6.13. The highest BCUT2D eigenvalue weighted by Crippen LogP contribution is 2.26. The highest BCUT2D eigenvalue weighted by atomic mass is 79.9. The Balaban J connectivity index is 2.27. The standard InChI is InChI=1S/C17H18BrFO/c1-10-6-11(2)14(12(3)7-10)9-17(20)13-4-5-15(18)16(19)8-13/h4-8,17,20H,9H2,1-3H3. The van der Waals surface area contributed by atoms with Crippen molar-refractivity contribution in [1.82, 2.24) is 0 Å². The number of aliphatic hydroxyl groups is 1. The summed E-state index contributed by atoms with van der Waals surface area (Å²) in [4.78, 5) is 0. The lowest BCUT2D eigenvalue weighted by atomic mass is 9.93. The fourth-order valence-electron chi connectivity index (χ4n) is 2.56. The average Bonchev–Trinajstić information content (AvgIpc) is 2.36. The lowest BCUT2D eigenvalue weighted by molar-refractivity contribution is 0.177. The van der Waals surface area contributed by atoms with Crippen molar-refractivity contribution in [1.29, 1.82) is 0 Å². The molecule has 2 rings (SSSR count). The molecular formula is C17H18BrFO. The lowest BCUT2D eigenvalue weighted by Crippen LogP contribution is -2.06. The van der Waals surface area contributed by atoms with Gasteiger partial charge in [-0.3, -0.25) is 0 Å². The normalized spacial score (nSPS) is 12.5. The fraction of sp³-hybridized carbons (Fsp3) is 0.294. The Kier molecular flexibility index (Phi) is 4.61. The minimum atomic E-state index is -0.697. The van der Waals surface area contributed by atoms with E-state index in [0.29, 0.717) is 16.5 Å². The molecule has 2 aromatic carbocycles. The maximum Gasteiger partial charge on any atom is 0.137 e. The quantitative estimate of drug-likeness (QED) is 0.854. The van der Waals surface area contributed by atoms with Gasteiger partial charge in [0.2, 0.25) is 0 Å². The van der Waals surface area contributed by atoms with Crippen molar-refractivity contribution in [2.75, 3.05) is 0 Å². The van der Waals surface area contributed by atoms with E-state index in [2.05, 4.69) is 35.0 Å². The van der Waals surface area contributed by atoms with Crippen LogP contribution in [0.15, 0.2) is 34.8 Å². The first-order valence-electron chi connectivity index (χ1n) is 6.58. The number of hydrogen-bond acceptors (Lipinski definition) is 1. The molecule has 1 N–H and O–H groups in total. The van der Waals surface area contributed by atoms with Gasteiger partial charge in [-0.25, -0.2) is 4.39 Å². The molecule has 0 heterocycles. The molecule has 1 unspecified atom stereocenters. The van der Waals surface area contributed by atoms with E-state index in [1.807, 2.05) is 13.8 Å². The molecule has 0 aromatic heterocycles. The molecule has 106 valence electrons. The Bertz CT molecular complexity index is 614.